The molecule has 1 aromatic heterocycles. The molecule has 0 saturated carbocycles. The maximum Gasteiger partial charge on any atom is 0.120 e. The van der Waals surface area contributed by atoms with E-state index in [9.17, 15) is 5.11 Å². The fourth-order valence-electron chi connectivity index (χ4n) is 1.61. The molecule has 1 heterocycles. The summed E-state index contributed by atoms with van der Waals surface area (Å²) in [5.74, 6) is 1.18. The number of furan rings is 1. The van der Waals surface area contributed by atoms with E-state index < -0.39 is 5.60 Å². The molecule has 3 atom stereocenters. The van der Waals surface area contributed by atoms with Crippen LogP contribution in [0.1, 0.15) is 45.9 Å². The van der Waals surface area contributed by atoms with Gasteiger partial charge in [-0.05, 0) is 31.9 Å². The van der Waals surface area contributed by atoms with Gasteiger partial charge in [0, 0.05) is 6.54 Å². The Morgan fingerprint density at radius 3 is 2.69 bits per heavy atom. The minimum absolute atomic E-state index is 0.130. The van der Waals surface area contributed by atoms with Crippen molar-refractivity contribution in [2.45, 2.75) is 45.8 Å². The molecule has 0 aliphatic carbocycles. The summed E-state index contributed by atoms with van der Waals surface area (Å²) in [6, 6.07) is 3.95. The molecule has 92 valence electrons. The summed E-state index contributed by atoms with van der Waals surface area (Å²) in [6.45, 7) is 8.65. The predicted molar refractivity (Wildman–Crippen MR) is 65.2 cm³/mol. The Bertz CT molecular complexity index is 293. The summed E-state index contributed by atoms with van der Waals surface area (Å²) in [6.07, 6.45) is 2.64. The quantitative estimate of drug-likeness (QED) is 0.782. The van der Waals surface area contributed by atoms with E-state index in [2.05, 4.69) is 19.2 Å². The summed E-state index contributed by atoms with van der Waals surface area (Å²) >= 11 is 0. The van der Waals surface area contributed by atoms with E-state index >= 15 is 0 Å². The fraction of sp³-hybridized carbons (Fsp3) is 0.692. The van der Waals surface area contributed by atoms with Crippen LogP contribution in [0.15, 0.2) is 22.8 Å². The van der Waals surface area contributed by atoms with Gasteiger partial charge in [0.2, 0.25) is 0 Å². The molecular weight excluding hydrogens is 202 g/mol. The maximum atomic E-state index is 10.2. The molecule has 3 heteroatoms. The zero-order valence-corrected chi connectivity index (χ0v) is 10.7. The van der Waals surface area contributed by atoms with Crippen LogP contribution in [0.2, 0.25) is 0 Å². The summed E-state index contributed by atoms with van der Waals surface area (Å²) in [4.78, 5) is 0. The van der Waals surface area contributed by atoms with Crippen LogP contribution in [0.25, 0.3) is 0 Å². The highest BCUT2D eigenvalue weighted by atomic mass is 16.3. The van der Waals surface area contributed by atoms with Crippen molar-refractivity contribution in [2.75, 3.05) is 6.54 Å². The molecule has 0 aliphatic heterocycles. The highest BCUT2D eigenvalue weighted by molar-refractivity contribution is 5.03. The van der Waals surface area contributed by atoms with Crippen LogP contribution < -0.4 is 5.32 Å². The predicted octanol–water partition coefficient (Wildman–Crippen LogP) is 2.73. The highest BCUT2D eigenvalue weighted by Gasteiger charge is 2.27. The molecule has 3 nitrogen and oxygen atoms in total. The summed E-state index contributed by atoms with van der Waals surface area (Å²) in [5.41, 5.74) is -0.671. The van der Waals surface area contributed by atoms with Crippen LogP contribution in [-0.4, -0.2) is 17.3 Å². The average molecular weight is 225 g/mol. The number of hydrogen-bond acceptors (Lipinski definition) is 3. The Morgan fingerprint density at radius 1 is 1.50 bits per heavy atom. The third kappa shape index (κ3) is 3.35. The van der Waals surface area contributed by atoms with E-state index in [0.29, 0.717) is 6.54 Å². The minimum atomic E-state index is -0.671. The van der Waals surface area contributed by atoms with Gasteiger partial charge in [0.15, 0.2) is 0 Å². The molecule has 0 bridgehead atoms. The number of aliphatic hydroxyl groups is 1. The third-order valence-electron chi connectivity index (χ3n) is 3.41. The second-order valence-corrected chi connectivity index (χ2v) is 4.78. The molecule has 0 aliphatic rings. The lowest BCUT2D eigenvalue weighted by Crippen LogP contribution is -2.43. The largest absolute Gasteiger partial charge is 0.468 e. The van der Waals surface area contributed by atoms with Crippen molar-refractivity contribution in [1.29, 1.82) is 0 Å². The van der Waals surface area contributed by atoms with Crippen molar-refractivity contribution in [2.24, 2.45) is 5.92 Å². The monoisotopic (exact) mass is 225 g/mol. The standard InChI is InChI=1S/C13H23NO2/c1-5-10(2)13(4,15)9-14-11(3)12-7-6-8-16-12/h6-8,10-11,14-15H,5,9H2,1-4H3. The van der Waals surface area contributed by atoms with Crippen molar-refractivity contribution in [3.63, 3.8) is 0 Å². The minimum Gasteiger partial charge on any atom is -0.468 e. The van der Waals surface area contributed by atoms with Crippen molar-refractivity contribution >= 4 is 0 Å². The molecule has 0 radical (unpaired) electrons. The topological polar surface area (TPSA) is 45.4 Å². The lowest BCUT2D eigenvalue weighted by atomic mass is 9.88. The van der Waals surface area contributed by atoms with Crippen LogP contribution in [0.3, 0.4) is 0 Å². The third-order valence-corrected chi connectivity index (χ3v) is 3.41. The smallest absolute Gasteiger partial charge is 0.120 e. The number of hydrogen-bond donors (Lipinski definition) is 2. The molecule has 16 heavy (non-hydrogen) atoms. The Labute approximate surface area is 97.9 Å². The van der Waals surface area contributed by atoms with Crippen LogP contribution in [0, 0.1) is 5.92 Å². The van der Waals surface area contributed by atoms with Gasteiger partial charge in [-0.15, -0.1) is 0 Å². The van der Waals surface area contributed by atoms with Crippen molar-refractivity contribution in [3.8, 4) is 0 Å². The van der Waals surface area contributed by atoms with Gasteiger partial charge in [0.05, 0.1) is 17.9 Å². The molecule has 3 unspecified atom stereocenters. The van der Waals surface area contributed by atoms with Gasteiger partial charge in [-0.2, -0.15) is 0 Å². The first-order chi connectivity index (χ1) is 7.47. The van der Waals surface area contributed by atoms with E-state index in [1.54, 1.807) is 6.26 Å². The molecule has 0 amide bonds. The van der Waals surface area contributed by atoms with Crippen molar-refractivity contribution < 1.29 is 9.52 Å². The van der Waals surface area contributed by atoms with Gasteiger partial charge in [0.1, 0.15) is 5.76 Å². The van der Waals surface area contributed by atoms with Crippen molar-refractivity contribution in [3.05, 3.63) is 24.2 Å². The van der Waals surface area contributed by atoms with E-state index in [0.717, 1.165) is 12.2 Å². The lowest BCUT2D eigenvalue weighted by Gasteiger charge is -2.31. The molecule has 0 fully saturated rings. The molecular formula is C13H23NO2. The van der Waals surface area contributed by atoms with Gasteiger partial charge >= 0.3 is 0 Å². The lowest BCUT2D eigenvalue weighted by molar-refractivity contribution is 0.00319. The van der Waals surface area contributed by atoms with Gasteiger partial charge in [-0.1, -0.05) is 20.3 Å². The molecule has 0 aromatic carbocycles. The van der Waals surface area contributed by atoms with E-state index in [1.807, 2.05) is 26.0 Å². The highest BCUT2D eigenvalue weighted by Crippen LogP contribution is 2.20. The maximum absolute atomic E-state index is 10.2. The summed E-state index contributed by atoms with van der Waals surface area (Å²) < 4.78 is 5.30. The van der Waals surface area contributed by atoms with Gasteiger partial charge in [-0.25, -0.2) is 0 Å². The second-order valence-electron chi connectivity index (χ2n) is 4.78. The Kier molecular flexibility index (Phi) is 4.56. The molecule has 0 saturated heterocycles. The zero-order chi connectivity index (χ0) is 12.2. The molecule has 1 aromatic rings. The first kappa shape index (κ1) is 13.3. The van der Waals surface area contributed by atoms with Gasteiger partial charge < -0.3 is 14.8 Å². The van der Waals surface area contributed by atoms with E-state index in [1.165, 1.54) is 0 Å². The van der Waals surface area contributed by atoms with Gasteiger partial charge in [-0.3, -0.25) is 0 Å². The average Bonchev–Trinajstić information content (AvgIpc) is 2.78. The fourth-order valence-corrected chi connectivity index (χ4v) is 1.61. The van der Waals surface area contributed by atoms with Crippen LogP contribution in [0.4, 0.5) is 0 Å². The first-order valence-electron chi connectivity index (χ1n) is 5.96. The second kappa shape index (κ2) is 5.51. The Balaban J connectivity index is 2.45. The molecule has 0 spiro atoms. The summed E-state index contributed by atoms with van der Waals surface area (Å²) in [5, 5.41) is 13.5. The SMILES string of the molecule is CCC(C)C(C)(O)CNC(C)c1ccco1. The van der Waals surface area contributed by atoms with Crippen LogP contribution >= 0.6 is 0 Å². The Hall–Kier alpha value is -0.800. The van der Waals surface area contributed by atoms with E-state index in [-0.39, 0.29) is 12.0 Å². The molecule has 2 N–H and O–H groups in total. The van der Waals surface area contributed by atoms with Gasteiger partial charge in [0.25, 0.3) is 0 Å². The zero-order valence-electron chi connectivity index (χ0n) is 10.7. The normalized spacial score (nSPS) is 19.1. The number of nitrogens with one attached hydrogen (secondary N) is 1. The molecule has 1 rings (SSSR count). The van der Waals surface area contributed by atoms with E-state index in [4.69, 9.17) is 4.42 Å². The van der Waals surface area contributed by atoms with Crippen LogP contribution in [-0.2, 0) is 0 Å². The first-order valence-corrected chi connectivity index (χ1v) is 5.96. The van der Waals surface area contributed by atoms with Crippen molar-refractivity contribution in [1.82, 2.24) is 5.32 Å². The number of rotatable bonds is 6. The summed E-state index contributed by atoms with van der Waals surface area (Å²) in [7, 11) is 0. The van der Waals surface area contributed by atoms with Crippen LogP contribution in [0.5, 0.6) is 0 Å². The Morgan fingerprint density at radius 2 is 2.19 bits per heavy atom.